The van der Waals surface area contributed by atoms with Gasteiger partial charge in [0.25, 0.3) is 5.92 Å². The van der Waals surface area contributed by atoms with Crippen LogP contribution in [-0.2, 0) is 24.1 Å². The van der Waals surface area contributed by atoms with Crippen LogP contribution in [0.3, 0.4) is 0 Å². The summed E-state index contributed by atoms with van der Waals surface area (Å²) in [5.74, 6) is -2.89. The molecular weight excluding hydrogens is 276 g/mol. The first-order chi connectivity index (χ1) is 10.00. The topological polar surface area (TPSA) is 49.9 Å². The summed E-state index contributed by atoms with van der Waals surface area (Å²) >= 11 is 0. The molecule has 0 saturated carbocycles. The first kappa shape index (κ1) is 14.4. The van der Waals surface area contributed by atoms with E-state index in [9.17, 15) is 8.78 Å². The maximum absolute atomic E-state index is 13.8. The number of aromatic nitrogens is 2. The lowest BCUT2D eigenvalue weighted by atomic mass is 9.91. The number of alkyl halides is 2. The Labute approximate surface area is 121 Å². The second-order valence-corrected chi connectivity index (χ2v) is 5.75. The molecule has 2 N–H and O–H groups in total. The molecule has 1 atom stereocenters. The standard InChI is InChI=1S/C15H19F2N3O/c1-9-5-11-10(7-18-9)3-4-12-14(11)13(20-19-12)6-15(16,17)8-21-2/h3-4,9,18H,5-8H2,1-2H3,(H,19,20). The number of hydrogen-bond acceptors (Lipinski definition) is 3. The van der Waals surface area contributed by atoms with Gasteiger partial charge in [-0.3, -0.25) is 5.10 Å². The van der Waals surface area contributed by atoms with Crippen LogP contribution >= 0.6 is 0 Å². The van der Waals surface area contributed by atoms with E-state index in [0.717, 1.165) is 29.4 Å². The van der Waals surface area contributed by atoms with Gasteiger partial charge in [0.05, 0.1) is 11.9 Å². The predicted molar refractivity (Wildman–Crippen MR) is 76.6 cm³/mol. The van der Waals surface area contributed by atoms with Crippen molar-refractivity contribution in [2.45, 2.75) is 38.3 Å². The zero-order chi connectivity index (χ0) is 15.0. The van der Waals surface area contributed by atoms with Gasteiger partial charge in [-0.1, -0.05) is 6.07 Å². The second-order valence-electron chi connectivity index (χ2n) is 5.75. The summed E-state index contributed by atoms with van der Waals surface area (Å²) in [5, 5.41) is 11.2. The minimum absolute atomic E-state index is 0.338. The highest BCUT2D eigenvalue weighted by Crippen LogP contribution is 2.31. The highest BCUT2D eigenvalue weighted by Gasteiger charge is 2.32. The molecule has 1 unspecified atom stereocenters. The highest BCUT2D eigenvalue weighted by atomic mass is 19.3. The van der Waals surface area contributed by atoms with Gasteiger partial charge in [-0.25, -0.2) is 8.78 Å². The summed E-state index contributed by atoms with van der Waals surface area (Å²) in [7, 11) is 1.29. The number of nitrogens with zero attached hydrogens (tertiary/aromatic N) is 1. The summed E-state index contributed by atoms with van der Waals surface area (Å²) in [4.78, 5) is 0. The molecular formula is C15H19F2N3O. The van der Waals surface area contributed by atoms with Gasteiger partial charge in [0.1, 0.15) is 6.61 Å². The molecule has 1 aromatic heterocycles. The van der Waals surface area contributed by atoms with Crippen LogP contribution < -0.4 is 5.32 Å². The normalized spacial score (nSPS) is 19.0. The monoisotopic (exact) mass is 295 g/mol. The molecule has 21 heavy (non-hydrogen) atoms. The Balaban J connectivity index is 2.04. The van der Waals surface area contributed by atoms with Crippen LogP contribution in [-0.4, -0.2) is 35.9 Å². The first-order valence-electron chi connectivity index (χ1n) is 7.08. The molecule has 4 nitrogen and oxygen atoms in total. The lowest BCUT2D eigenvalue weighted by molar-refractivity contribution is -0.0634. The Morgan fingerprint density at radius 3 is 3.00 bits per heavy atom. The molecule has 0 radical (unpaired) electrons. The molecule has 0 fully saturated rings. The zero-order valence-electron chi connectivity index (χ0n) is 12.2. The molecule has 114 valence electrons. The predicted octanol–water partition coefficient (Wildman–Crippen LogP) is 2.42. The maximum Gasteiger partial charge on any atom is 0.276 e. The number of nitrogens with one attached hydrogen (secondary N) is 2. The quantitative estimate of drug-likeness (QED) is 0.911. The Morgan fingerprint density at radius 2 is 2.24 bits per heavy atom. The lowest BCUT2D eigenvalue weighted by Crippen LogP contribution is -2.33. The summed E-state index contributed by atoms with van der Waals surface area (Å²) < 4.78 is 32.3. The molecule has 1 aliphatic heterocycles. The van der Waals surface area contributed by atoms with E-state index in [-0.39, 0.29) is 6.42 Å². The molecule has 0 aliphatic carbocycles. The van der Waals surface area contributed by atoms with Crippen LogP contribution in [0.25, 0.3) is 10.9 Å². The molecule has 6 heteroatoms. The van der Waals surface area contributed by atoms with Crippen LogP contribution in [0, 0.1) is 0 Å². The fourth-order valence-corrected chi connectivity index (χ4v) is 3.00. The number of hydrogen-bond donors (Lipinski definition) is 2. The smallest absolute Gasteiger partial charge is 0.276 e. The van der Waals surface area contributed by atoms with Gasteiger partial charge in [-0.05, 0) is 30.5 Å². The fraction of sp³-hybridized carbons (Fsp3) is 0.533. The van der Waals surface area contributed by atoms with E-state index in [1.54, 1.807) is 0 Å². The molecule has 2 heterocycles. The van der Waals surface area contributed by atoms with Crippen LogP contribution in [0.4, 0.5) is 8.78 Å². The molecule has 0 amide bonds. The summed E-state index contributed by atoms with van der Waals surface area (Å²) in [6, 6.07) is 4.25. The van der Waals surface area contributed by atoms with E-state index >= 15 is 0 Å². The number of rotatable bonds is 4. The van der Waals surface area contributed by atoms with Crippen LogP contribution in [0.15, 0.2) is 12.1 Å². The van der Waals surface area contributed by atoms with E-state index in [2.05, 4.69) is 27.2 Å². The highest BCUT2D eigenvalue weighted by molar-refractivity contribution is 5.86. The molecule has 0 saturated heterocycles. The SMILES string of the molecule is COCC(F)(F)Cc1[nH]nc2ccc3c(c12)CC(C)NC3. The van der Waals surface area contributed by atoms with Crippen molar-refractivity contribution in [3.63, 3.8) is 0 Å². The van der Waals surface area contributed by atoms with Gasteiger partial charge >= 0.3 is 0 Å². The number of fused-ring (bicyclic) bond motifs is 3. The van der Waals surface area contributed by atoms with E-state index in [1.807, 2.05) is 12.1 Å². The second kappa shape index (κ2) is 5.35. The van der Waals surface area contributed by atoms with Crippen molar-refractivity contribution in [3.05, 3.63) is 29.0 Å². The third-order valence-electron chi connectivity index (χ3n) is 3.94. The Kier molecular flexibility index (Phi) is 3.67. The van der Waals surface area contributed by atoms with Crippen molar-refractivity contribution in [1.82, 2.24) is 15.5 Å². The third kappa shape index (κ3) is 2.78. The number of benzene rings is 1. The average molecular weight is 295 g/mol. The van der Waals surface area contributed by atoms with Gasteiger partial charge in [-0.15, -0.1) is 0 Å². The summed E-state index contributed by atoms with van der Waals surface area (Å²) in [5.41, 5.74) is 3.55. The largest absolute Gasteiger partial charge is 0.378 e. The number of H-pyrrole nitrogens is 1. The Hall–Kier alpha value is -1.53. The minimum Gasteiger partial charge on any atom is -0.378 e. The number of halogens is 2. The minimum atomic E-state index is -2.89. The van der Waals surface area contributed by atoms with Crippen molar-refractivity contribution in [3.8, 4) is 0 Å². The maximum atomic E-state index is 13.8. The fourth-order valence-electron chi connectivity index (χ4n) is 3.00. The van der Waals surface area contributed by atoms with Gasteiger partial charge in [-0.2, -0.15) is 5.10 Å². The zero-order valence-corrected chi connectivity index (χ0v) is 12.2. The Morgan fingerprint density at radius 1 is 1.43 bits per heavy atom. The van der Waals surface area contributed by atoms with Crippen LogP contribution in [0.1, 0.15) is 23.7 Å². The van der Waals surface area contributed by atoms with Gasteiger partial charge in [0.2, 0.25) is 0 Å². The van der Waals surface area contributed by atoms with Gasteiger partial charge in [0.15, 0.2) is 0 Å². The van der Waals surface area contributed by atoms with Crippen molar-refractivity contribution in [2.24, 2.45) is 0 Å². The summed E-state index contributed by atoms with van der Waals surface area (Å²) in [6.07, 6.45) is 0.449. The number of methoxy groups -OCH3 is 1. The number of aromatic amines is 1. The molecule has 3 rings (SSSR count). The average Bonchev–Trinajstić information content (AvgIpc) is 2.81. The van der Waals surface area contributed by atoms with E-state index in [0.29, 0.717) is 11.7 Å². The lowest BCUT2D eigenvalue weighted by Gasteiger charge is -2.24. The van der Waals surface area contributed by atoms with E-state index in [4.69, 9.17) is 0 Å². The van der Waals surface area contributed by atoms with Crippen molar-refractivity contribution >= 4 is 10.9 Å². The third-order valence-corrected chi connectivity index (χ3v) is 3.94. The van der Waals surface area contributed by atoms with Crippen molar-refractivity contribution in [1.29, 1.82) is 0 Å². The molecule has 0 spiro atoms. The van der Waals surface area contributed by atoms with E-state index < -0.39 is 12.5 Å². The van der Waals surface area contributed by atoms with Crippen LogP contribution in [0.5, 0.6) is 0 Å². The van der Waals surface area contributed by atoms with Crippen molar-refractivity contribution in [2.75, 3.05) is 13.7 Å². The first-order valence-corrected chi connectivity index (χ1v) is 7.08. The van der Waals surface area contributed by atoms with Crippen molar-refractivity contribution < 1.29 is 13.5 Å². The molecule has 2 aromatic rings. The van der Waals surface area contributed by atoms with Crippen LogP contribution in [0.2, 0.25) is 0 Å². The molecule has 1 aromatic carbocycles. The molecule has 1 aliphatic rings. The van der Waals surface area contributed by atoms with E-state index in [1.165, 1.54) is 12.7 Å². The molecule has 0 bridgehead atoms. The number of ether oxygens (including phenoxy) is 1. The van der Waals surface area contributed by atoms with Gasteiger partial charge < -0.3 is 10.1 Å². The Bertz CT molecular complexity index is 654. The summed E-state index contributed by atoms with van der Waals surface area (Å²) in [6.45, 7) is 2.28. The van der Waals surface area contributed by atoms with Gasteiger partial charge in [0, 0.05) is 30.8 Å².